The number of nitrogens with zero attached hydrogens (tertiary/aromatic N) is 1. The SMILES string of the molecule is COc1cc(Br)cc(/C=C2\SC(=O)N(CC(=O)OC(C)C)C2=O)c1O. The number of benzene rings is 1. The third-order valence-electron chi connectivity index (χ3n) is 3.10. The number of methoxy groups -OCH3 is 1. The lowest BCUT2D eigenvalue weighted by molar-refractivity contribution is -0.149. The van der Waals surface area contributed by atoms with Gasteiger partial charge in [0, 0.05) is 10.0 Å². The smallest absolute Gasteiger partial charge is 0.326 e. The van der Waals surface area contributed by atoms with Crippen molar-refractivity contribution in [3.05, 3.63) is 27.1 Å². The molecule has 0 bridgehead atoms. The van der Waals surface area contributed by atoms with Gasteiger partial charge in [0.05, 0.1) is 18.1 Å². The summed E-state index contributed by atoms with van der Waals surface area (Å²) in [5.41, 5.74) is 0.307. The number of hydrogen-bond acceptors (Lipinski definition) is 7. The highest BCUT2D eigenvalue weighted by Crippen LogP contribution is 2.38. The Labute approximate surface area is 157 Å². The topological polar surface area (TPSA) is 93.1 Å². The van der Waals surface area contributed by atoms with Gasteiger partial charge in [-0.3, -0.25) is 19.3 Å². The van der Waals surface area contributed by atoms with Crippen molar-refractivity contribution >= 4 is 50.9 Å². The largest absolute Gasteiger partial charge is 0.504 e. The highest BCUT2D eigenvalue weighted by Gasteiger charge is 2.37. The van der Waals surface area contributed by atoms with Crippen molar-refractivity contribution in [3.63, 3.8) is 0 Å². The molecule has 0 atom stereocenters. The van der Waals surface area contributed by atoms with Crippen molar-refractivity contribution in [2.75, 3.05) is 13.7 Å². The van der Waals surface area contributed by atoms with Gasteiger partial charge >= 0.3 is 5.97 Å². The van der Waals surface area contributed by atoms with Crippen LogP contribution in [0.1, 0.15) is 19.4 Å². The Morgan fingerprint density at radius 2 is 2.08 bits per heavy atom. The number of carbonyl (C=O) groups is 3. The maximum Gasteiger partial charge on any atom is 0.326 e. The highest BCUT2D eigenvalue weighted by atomic mass is 79.9. The van der Waals surface area contributed by atoms with E-state index in [1.165, 1.54) is 13.2 Å². The molecule has 0 radical (unpaired) electrons. The van der Waals surface area contributed by atoms with Gasteiger partial charge < -0.3 is 14.6 Å². The quantitative estimate of drug-likeness (QED) is 0.567. The van der Waals surface area contributed by atoms with E-state index in [0.29, 0.717) is 21.8 Å². The number of phenolic OH excluding ortho intramolecular Hbond substituents is 1. The highest BCUT2D eigenvalue weighted by molar-refractivity contribution is 9.10. The predicted molar refractivity (Wildman–Crippen MR) is 96.3 cm³/mol. The molecule has 0 aliphatic carbocycles. The summed E-state index contributed by atoms with van der Waals surface area (Å²) >= 11 is 3.97. The zero-order valence-electron chi connectivity index (χ0n) is 13.7. The minimum Gasteiger partial charge on any atom is -0.504 e. The van der Waals surface area contributed by atoms with Crippen LogP contribution >= 0.6 is 27.7 Å². The van der Waals surface area contributed by atoms with Gasteiger partial charge in [-0.15, -0.1) is 0 Å². The van der Waals surface area contributed by atoms with Gasteiger partial charge in [-0.25, -0.2) is 0 Å². The third kappa shape index (κ3) is 4.55. The normalized spacial score (nSPS) is 16.0. The fourth-order valence-electron chi connectivity index (χ4n) is 2.07. The number of rotatable bonds is 5. The number of amides is 2. The van der Waals surface area contributed by atoms with Gasteiger partial charge in [0.25, 0.3) is 11.1 Å². The molecule has 2 rings (SSSR count). The third-order valence-corrected chi connectivity index (χ3v) is 4.47. The van der Waals surface area contributed by atoms with Crippen molar-refractivity contribution in [2.24, 2.45) is 0 Å². The fourth-order valence-corrected chi connectivity index (χ4v) is 3.35. The number of halogens is 1. The Hall–Kier alpha value is -2.00. The lowest BCUT2D eigenvalue weighted by Gasteiger charge is -2.13. The second-order valence-corrected chi connectivity index (χ2v) is 7.26. The predicted octanol–water partition coefficient (Wildman–Crippen LogP) is 3.15. The minimum absolute atomic E-state index is 0.0952. The summed E-state index contributed by atoms with van der Waals surface area (Å²) in [5.74, 6) is -1.21. The van der Waals surface area contributed by atoms with E-state index in [-0.39, 0.29) is 22.5 Å². The van der Waals surface area contributed by atoms with Crippen LogP contribution in [0.25, 0.3) is 6.08 Å². The summed E-state index contributed by atoms with van der Waals surface area (Å²) in [7, 11) is 1.40. The average Bonchev–Trinajstić information content (AvgIpc) is 2.77. The molecule has 25 heavy (non-hydrogen) atoms. The Balaban J connectivity index is 2.26. The Bertz CT molecular complexity index is 761. The maximum absolute atomic E-state index is 12.4. The monoisotopic (exact) mass is 429 g/mol. The minimum atomic E-state index is -0.662. The molecule has 2 amide bonds. The van der Waals surface area contributed by atoms with Gasteiger partial charge in [0.15, 0.2) is 11.5 Å². The number of imide groups is 1. The number of carbonyl (C=O) groups excluding carboxylic acids is 3. The Kier molecular flexibility index (Phi) is 6.12. The molecule has 1 N–H and O–H groups in total. The fraction of sp³-hybridized carbons (Fsp3) is 0.312. The molecule has 1 aliphatic rings. The first kappa shape index (κ1) is 19.3. The van der Waals surface area contributed by atoms with E-state index in [1.807, 2.05) is 0 Å². The molecule has 0 unspecified atom stereocenters. The van der Waals surface area contributed by atoms with Gasteiger partial charge in [-0.1, -0.05) is 15.9 Å². The van der Waals surface area contributed by atoms with Crippen LogP contribution in [0.3, 0.4) is 0 Å². The van der Waals surface area contributed by atoms with Crippen LogP contribution in [-0.4, -0.2) is 46.9 Å². The number of hydrogen-bond donors (Lipinski definition) is 1. The molecule has 1 fully saturated rings. The molecule has 0 spiro atoms. The standard InChI is InChI=1S/C16H16BrNO6S/c1-8(2)24-13(19)7-18-15(21)12(25-16(18)22)5-9-4-10(17)6-11(23-3)14(9)20/h4-6,8,20H,7H2,1-3H3/b12-5-. The molecular formula is C16H16BrNO6S. The zero-order valence-corrected chi connectivity index (χ0v) is 16.1. The van der Waals surface area contributed by atoms with Gasteiger partial charge in [0.1, 0.15) is 6.54 Å². The van der Waals surface area contributed by atoms with Crippen molar-refractivity contribution < 1.29 is 29.0 Å². The van der Waals surface area contributed by atoms with E-state index in [1.54, 1.807) is 26.0 Å². The van der Waals surface area contributed by atoms with Crippen LogP contribution in [0.15, 0.2) is 21.5 Å². The van der Waals surface area contributed by atoms with Crippen molar-refractivity contribution in [1.82, 2.24) is 4.90 Å². The number of esters is 1. The van der Waals surface area contributed by atoms with Crippen LogP contribution in [-0.2, 0) is 14.3 Å². The van der Waals surface area contributed by atoms with E-state index >= 15 is 0 Å². The lowest BCUT2D eigenvalue weighted by Crippen LogP contribution is -2.35. The average molecular weight is 430 g/mol. The summed E-state index contributed by atoms with van der Waals surface area (Å²) in [4.78, 5) is 37.0. The van der Waals surface area contributed by atoms with Crippen molar-refractivity contribution in [2.45, 2.75) is 20.0 Å². The number of thioether (sulfide) groups is 1. The van der Waals surface area contributed by atoms with Crippen molar-refractivity contribution in [3.8, 4) is 11.5 Å². The van der Waals surface area contributed by atoms with Crippen LogP contribution in [0.5, 0.6) is 11.5 Å². The zero-order chi connectivity index (χ0) is 18.7. The van der Waals surface area contributed by atoms with E-state index in [9.17, 15) is 19.5 Å². The van der Waals surface area contributed by atoms with Crippen LogP contribution in [0.4, 0.5) is 4.79 Å². The van der Waals surface area contributed by atoms with Gasteiger partial charge in [0.2, 0.25) is 0 Å². The van der Waals surface area contributed by atoms with Crippen molar-refractivity contribution in [1.29, 1.82) is 0 Å². The second-order valence-electron chi connectivity index (χ2n) is 5.35. The molecule has 1 aromatic carbocycles. The lowest BCUT2D eigenvalue weighted by atomic mass is 10.1. The summed E-state index contributed by atoms with van der Waals surface area (Å²) in [6.07, 6.45) is 1.04. The molecule has 1 aromatic rings. The summed E-state index contributed by atoms with van der Waals surface area (Å²) in [5, 5.41) is 9.58. The van der Waals surface area contributed by atoms with Gasteiger partial charge in [-0.2, -0.15) is 0 Å². The van der Waals surface area contributed by atoms with E-state index in [0.717, 1.165) is 4.90 Å². The molecule has 7 nitrogen and oxygen atoms in total. The van der Waals surface area contributed by atoms with E-state index in [2.05, 4.69) is 15.9 Å². The summed E-state index contributed by atoms with van der Waals surface area (Å²) in [6, 6.07) is 3.15. The number of phenols is 1. The Morgan fingerprint density at radius 1 is 1.40 bits per heavy atom. The molecule has 1 heterocycles. The summed E-state index contributed by atoms with van der Waals surface area (Å²) in [6.45, 7) is 2.90. The molecular weight excluding hydrogens is 414 g/mol. The first-order valence-corrected chi connectivity index (χ1v) is 8.85. The van der Waals surface area contributed by atoms with Gasteiger partial charge in [-0.05, 0) is 43.8 Å². The molecule has 1 aliphatic heterocycles. The molecule has 0 saturated carbocycles. The van der Waals surface area contributed by atoms with E-state index < -0.39 is 23.7 Å². The Morgan fingerprint density at radius 3 is 2.68 bits per heavy atom. The second kappa shape index (κ2) is 7.92. The van der Waals surface area contributed by atoms with Crippen LogP contribution in [0, 0.1) is 0 Å². The molecule has 9 heteroatoms. The maximum atomic E-state index is 12.4. The summed E-state index contributed by atoms with van der Waals surface area (Å²) < 4.78 is 10.6. The first-order chi connectivity index (χ1) is 11.7. The number of ether oxygens (including phenoxy) is 2. The molecule has 134 valence electrons. The van der Waals surface area contributed by atoms with Crippen LogP contribution < -0.4 is 4.74 Å². The van der Waals surface area contributed by atoms with E-state index in [4.69, 9.17) is 9.47 Å². The van der Waals surface area contributed by atoms with Crippen LogP contribution in [0.2, 0.25) is 0 Å². The number of aromatic hydroxyl groups is 1. The molecule has 0 aromatic heterocycles. The first-order valence-electron chi connectivity index (χ1n) is 7.24. The molecule has 1 saturated heterocycles.